The van der Waals surface area contributed by atoms with Gasteiger partial charge in [-0.25, -0.2) is 0 Å². The number of hydrogen-bond acceptors (Lipinski definition) is 1. The van der Waals surface area contributed by atoms with Crippen LogP contribution in [0, 0.1) is 0 Å². The van der Waals surface area contributed by atoms with Gasteiger partial charge in [-0.2, -0.15) is 0 Å². The fourth-order valence-electron chi connectivity index (χ4n) is 5.32. The predicted octanol–water partition coefficient (Wildman–Crippen LogP) is 8.49. The highest BCUT2D eigenvalue weighted by Gasteiger charge is 2.34. The monoisotopic (exact) mass is 525 g/mol. The fourth-order valence-corrected chi connectivity index (χ4v) is 10.9. The van der Waals surface area contributed by atoms with E-state index in [4.69, 9.17) is 0 Å². The molecule has 1 nitrogen and oxygen atoms in total. The third-order valence-corrected chi connectivity index (χ3v) is 13.3. The minimum absolute atomic E-state index is 0.0119. The Labute approximate surface area is 227 Å². The van der Waals surface area contributed by atoms with E-state index in [1.54, 1.807) is 0 Å². The smallest absolute Gasteiger partial charge is 0.0435 e. The van der Waals surface area contributed by atoms with E-state index in [9.17, 15) is 0 Å². The maximum atomic E-state index is 4.13. The summed E-state index contributed by atoms with van der Waals surface area (Å²) in [4.78, 5) is 0. The lowest BCUT2D eigenvalue weighted by molar-refractivity contribution is 0.539. The number of hydrogen-bond donors (Lipinski definition) is 1. The molecule has 0 aliphatic carbocycles. The van der Waals surface area contributed by atoms with Gasteiger partial charge in [0.15, 0.2) is 0 Å². The van der Waals surface area contributed by atoms with Gasteiger partial charge in [-0.1, -0.05) is 149 Å². The van der Waals surface area contributed by atoms with Gasteiger partial charge in [-0.15, -0.1) is 7.92 Å². The topological polar surface area (TPSA) is 12.0 Å². The van der Waals surface area contributed by atoms with Crippen LogP contribution in [0.2, 0.25) is 0 Å². The molecule has 4 aromatic carbocycles. The van der Waals surface area contributed by atoms with Crippen LogP contribution in [0.25, 0.3) is 0 Å². The maximum absolute atomic E-state index is 4.13. The summed E-state index contributed by atoms with van der Waals surface area (Å²) >= 11 is 0. The van der Waals surface area contributed by atoms with Gasteiger partial charge in [0, 0.05) is 11.7 Å². The van der Waals surface area contributed by atoms with Crippen molar-refractivity contribution in [3.8, 4) is 0 Å². The maximum Gasteiger partial charge on any atom is 0.0435 e. The largest absolute Gasteiger partial charge is 0.309 e. The Morgan fingerprint density at radius 1 is 0.541 bits per heavy atom. The molecule has 0 spiro atoms. The molecule has 0 aliphatic heterocycles. The van der Waals surface area contributed by atoms with Crippen LogP contribution in [0.15, 0.2) is 121 Å². The van der Waals surface area contributed by atoms with E-state index in [1.165, 1.54) is 27.9 Å². The molecule has 0 saturated heterocycles. The molecule has 0 saturated carbocycles. The lowest BCUT2D eigenvalue weighted by Crippen LogP contribution is -2.32. The highest BCUT2D eigenvalue weighted by molar-refractivity contribution is 7.73. The molecule has 0 bridgehead atoms. The Hall–Kier alpha value is -2.30. The van der Waals surface area contributed by atoms with E-state index < -0.39 is 7.92 Å². The molecule has 192 valence electrons. The van der Waals surface area contributed by atoms with Crippen LogP contribution in [0.3, 0.4) is 0 Å². The third-order valence-electron chi connectivity index (χ3n) is 7.02. The van der Waals surface area contributed by atoms with Gasteiger partial charge >= 0.3 is 0 Å². The first-order valence-electron chi connectivity index (χ1n) is 13.5. The summed E-state index contributed by atoms with van der Waals surface area (Å²) in [6.07, 6.45) is 1.25. The zero-order valence-electron chi connectivity index (χ0n) is 22.7. The van der Waals surface area contributed by atoms with Crippen LogP contribution in [-0.4, -0.2) is 24.0 Å². The zero-order chi connectivity index (χ0) is 26.0. The molecule has 0 amide bonds. The van der Waals surface area contributed by atoms with Crippen LogP contribution >= 0.6 is 15.8 Å². The van der Waals surface area contributed by atoms with Gasteiger partial charge in [0.1, 0.15) is 0 Å². The molecule has 0 unspecified atom stereocenters. The van der Waals surface area contributed by atoms with Crippen molar-refractivity contribution in [1.29, 1.82) is 0 Å². The molecule has 4 aromatic rings. The SMILES string of the molecule is CC(C)P(CCN[C@@H](c1ccccc1)[C@H](c1ccccc1)P(c1ccccc1)c1ccccc1)C(C)C. The Kier molecular flexibility index (Phi) is 10.5. The van der Waals surface area contributed by atoms with Crippen LogP contribution in [0.4, 0.5) is 0 Å². The molecule has 0 aliphatic rings. The van der Waals surface area contributed by atoms with E-state index >= 15 is 0 Å². The summed E-state index contributed by atoms with van der Waals surface area (Å²) in [5.41, 5.74) is 4.57. The average Bonchev–Trinajstić information content (AvgIpc) is 2.94. The molecular weight excluding hydrogens is 484 g/mol. The highest BCUT2D eigenvalue weighted by Crippen LogP contribution is 2.55. The molecule has 0 aromatic heterocycles. The van der Waals surface area contributed by atoms with Gasteiger partial charge in [0.2, 0.25) is 0 Å². The van der Waals surface area contributed by atoms with Gasteiger partial charge < -0.3 is 5.32 Å². The predicted molar refractivity (Wildman–Crippen MR) is 167 cm³/mol. The van der Waals surface area contributed by atoms with Crippen LogP contribution in [0.1, 0.15) is 50.5 Å². The highest BCUT2D eigenvalue weighted by atomic mass is 31.1. The third kappa shape index (κ3) is 7.39. The van der Waals surface area contributed by atoms with Crippen molar-refractivity contribution < 1.29 is 0 Å². The summed E-state index contributed by atoms with van der Waals surface area (Å²) < 4.78 is 0. The second-order valence-corrected chi connectivity index (χ2v) is 16.0. The van der Waals surface area contributed by atoms with Crippen molar-refractivity contribution >= 4 is 26.5 Å². The fraction of sp³-hybridized carbons (Fsp3) is 0.294. The molecule has 0 radical (unpaired) electrons. The van der Waals surface area contributed by atoms with Gasteiger partial charge in [0.05, 0.1) is 0 Å². The first-order chi connectivity index (χ1) is 18.1. The number of benzene rings is 4. The molecule has 2 atom stereocenters. The first-order valence-corrected chi connectivity index (χ1v) is 16.6. The van der Waals surface area contributed by atoms with E-state index in [1.807, 2.05) is 0 Å². The Balaban J connectivity index is 1.81. The van der Waals surface area contributed by atoms with Crippen molar-refractivity contribution in [1.82, 2.24) is 5.32 Å². The van der Waals surface area contributed by atoms with Gasteiger partial charge in [-0.05, 0) is 53.7 Å². The molecule has 37 heavy (non-hydrogen) atoms. The van der Waals surface area contributed by atoms with Crippen molar-refractivity contribution in [3.63, 3.8) is 0 Å². The van der Waals surface area contributed by atoms with E-state index in [0.29, 0.717) is 5.66 Å². The van der Waals surface area contributed by atoms with Crippen molar-refractivity contribution in [2.75, 3.05) is 12.7 Å². The molecular formula is C34H41NP2. The number of rotatable bonds is 12. The minimum atomic E-state index is -0.668. The summed E-state index contributed by atoms with van der Waals surface area (Å²) in [6.45, 7) is 10.6. The van der Waals surface area contributed by atoms with Crippen LogP contribution in [-0.2, 0) is 0 Å². The summed E-state index contributed by atoms with van der Waals surface area (Å²) in [6, 6.07) is 44.9. The lowest BCUT2D eigenvalue weighted by Gasteiger charge is -2.37. The molecule has 1 N–H and O–H groups in total. The van der Waals surface area contributed by atoms with Crippen molar-refractivity contribution in [3.05, 3.63) is 132 Å². The Morgan fingerprint density at radius 2 is 0.946 bits per heavy atom. The van der Waals surface area contributed by atoms with Crippen molar-refractivity contribution in [2.24, 2.45) is 0 Å². The lowest BCUT2D eigenvalue weighted by atomic mass is 9.98. The zero-order valence-corrected chi connectivity index (χ0v) is 24.5. The minimum Gasteiger partial charge on any atom is -0.309 e. The van der Waals surface area contributed by atoms with E-state index in [-0.39, 0.29) is 14.0 Å². The normalized spacial score (nSPS) is 13.4. The van der Waals surface area contributed by atoms with Gasteiger partial charge in [0.25, 0.3) is 0 Å². The molecule has 0 fully saturated rings. The summed E-state index contributed by atoms with van der Waals surface area (Å²) in [7, 11) is -0.679. The number of nitrogens with one attached hydrogen (secondary N) is 1. The summed E-state index contributed by atoms with van der Waals surface area (Å²) in [5.74, 6) is 0. The quantitative estimate of drug-likeness (QED) is 0.183. The Morgan fingerprint density at radius 3 is 1.38 bits per heavy atom. The van der Waals surface area contributed by atoms with Crippen LogP contribution < -0.4 is 15.9 Å². The molecule has 3 heteroatoms. The first kappa shape index (κ1) is 27.7. The van der Waals surface area contributed by atoms with E-state index in [0.717, 1.165) is 17.9 Å². The Bertz CT molecular complexity index is 1120. The van der Waals surface area contributed by atoms with Gasteiger partial charge in [-0.3, -0.25) is 0 Å². The van der Waals surface area contributed by atoms with Crippen LogP contribution in [0.5, 0.6) is 0 Å². The average molecular weight is 526 g/mol. The summed E-state index contributed by atoms with van der Waals surface area (Å²) in [5, 5.41) is 6.97. The standard InChI is InChI=1S/C34H41NP2/c1-27(2)36(28(3)4)26-25-35-33(29-17-9-5-10-18-29)34(30-19-11-6-12-20-30)37(31-21-13-7-14-22-31)32-23-15-8-16-24-32/h5-24,27-28,33-35H,25-26H2,1-4H3/t33-,34-/m0/s1. The molecule has 4 rings (SSSR count). The molecule has 0 heterocycles. The van der Waals surface area contributed by atoms with E-state index in [2.05, 4.69) is 154 Å². The second kappa shape index (κ2) is 14.0. The van der Waals surface area contributed by atoms with Crippen molar-refractivity contribution in [2.45, 2.75) is 50.7 Å². The second-order valence-electron chi connectivity index (χ2n) is 10.2.